The summed E-state index contributed by atoms with van der Waals surface area (Å²) in [5, 5.41) is 16.0. The summed E-state index contributed by atoms with van der Waals surface area (Å²) in [4.78, 5) is 10.5. The Hall–Kier alpha value is -2.20. The van der Waals surface area contributed by atoms with Gasteiger partial charge in [-0.05, 0) is 35.9 Å². The molecule has 0 bridgehead atoms. The summed E-state index contributed by atoms with van der Waals surface area (Å²) in [5.41, 5.74) is 2.87. The fourth-order valence-corrected chi connectivity index (χ4v) is 2.02. The third kappa shape index (κ3) is 2.80. The molecular weight excluding hydrogens is 264 g/mol. The Bertz CT molecular complexity index is 614. The van der Waals surface area contributed by atoms with E-state index in [-0.39, 0.29) is 5.75 Å². The molecule has 0 atom stereocenters. The SMILES string of the molecule is CNc1cc(-c2cc(Cl)ccc2O)ccc1NC=O. The minimum atomic E-state index is 0.155. The zero-order chi connectivity index (χ0) is 13.8. The molecule has 0 radical (unpaired) electrons. The molecule has 3 N–H and O–H groups in total. The van der Waals surface area contributed by atoms with Crippen LogP contribution in [0.5, 0.6) is 5.75 Å². The first-order valence-electron chi connectivity index (χ1n) is 5.66. The minimum absolute atomic E-state index is 0.155. The number of phenolic OH excluding ortho intramolecular Hbond substituents is 1. The van der Waals surface area contributed by atoms with Crippen molar-refractivity contribution in [1.82, 2.24) is 0 Å². The van der Waals surface area contributed by atoms with Crippen molar-refractivity contribution in [2.24, 2.45) is 0 Å². The molecule has 5 heteroatoms. The molecule has 0 spiro atoms. The van der Waals surface area contributed by atoms with Crippen molar-refractivity contribution in [2.75, 3.05) is 17.7 Å². The summed E-state index contributed by atoms with van der Waals surface area (Å²) in [6.45, 7) is 0. The molecule has 4 nitrogen and oxygen atoms in total. The summed E-state index contributed by atoms with van der Waals surface area (Å²) in [6, 6.07) is 10.3. The Morgan fingerprint density at radius 2 is 1.95 bits per heavy atom. The number of aromatic hydroxyl groups is 1. The molecule has 2 aromatic rings. The van der Waals surface area contributed by atoms with Gasteiger partial charge in [0.2, 0.25) is 6.41 Å². The van der Waals surface area contributed by atoms with E-state index < -0.39 is 0 Å². The summed E-state index contributed by atoms with van der Waals surface area (Å²) in [6.07, 6.45) is 0.618. The van der Waals surface area contributed by atoms with Crippen LogP contribution < -0.4 is 10.6 Å². The van der Waals surface area contributed by atoms with Gasteiger partial charge in [-0.1, -0.05) is 17.7 Å². The van der Waals surface area contributed by atoms with Crippen LogP contribution in [0.3, 0.4) is 0 Å². The maximum absolute atomic E-state index is 10.5. The Labute approximate surface area is 116 Å². The monoisotopic (exact) mass is 276 g/mol. The molecule has 0 fully saturated rings. The van der Waals surface area contributed by atoms with Crippen LogP contribution in [0.2, 0.25) is 5.02 Å². The van der Waals surface area contributed by atoms with Gasteiger partial charge in [0.1, 0.15) is 5.75 Å². The maximum atomic E-state index is 10.5. The van der Waals surface area contributed by atoms with Crippen LogP contribution in [0.4, 0.5) is 11.4 Å². The second-order valence-electron chi connectivity index (χ2n) is 3.93. The number of hydrogen-bond donors (Lipinski definition) is 3. The third-order valence-corrected chi connectivity index (χ3v) is 3.01. The number of amides is 1. The minimum Gasteiger partial charge on any atom is -0.507 e. The molecule has 0 aliphatic carbocycles. The lowest BCUT2D eigenvalue weighted by Gasteiger charge is -2.11. The predicted molar refractivity (Wildman–Crippen MR) is 77.8 cm³/mol. The number of rotatable bonds is 4. The quantitative estimate of drug-likeness (QED) is 0.751. The van der Waals surface area contributed by atoms with E-state index in [1.165, 1.54) is 0 Å². The van der Waals surface area contributed by atoms with Crippen LogP contribution >= 0.6 is 11.6 Å². The van der Waals surface area contributed by atoms with Crippen LogP contribution in [0, 0.1) is 0 Å². The highest BCUT2D eigenvalue weighted by Crippen LogP contribution is 2.35. The standard InChI is InChI=1S/C14H13ClN2O2/c1-16-13-6-9(2-4-12(13)17-8-18)11-7-10(15)3-5-14(11)19/h2-8,16,19H,1H3,(H,17,18). The molecule has 0 heterocycles. The maximum Gasteiger partial charge on any atom is 0.211 e. The van der Waals surface area contributed by atoms with E-state index in [9.17, 15) is 9.90 Å². The van der Waals surface area contributed by atoms with Gasteiger partial charge in [-0.25, -0.2) is 0 Å². The van der Waals surface area contributed by atoms with E-state index >= 15 is 0 Å². The lowest BCUT2D eigenvalue weighted by molar-refractivity contribution is -0.105. The predicted octanol–water partition coefficient (Wildman–Crippen LogP) is 3.32. The first-order valence-corrected chi connectivity index (χ1v) is 6.04. The second-order valence-corrected chi connectivity index (χ2v) is 4.37. The highest BCUT2D eigenvalue weighted by Gasteiger charge is 2.08. The lowest BCUT2D eigenvalue weighted by Crippen LogP contribution is -1.99. The van der Waals surface area contributed by atoms with Gasteiger partial charge in [0, 0.05) is 17.6 Å². The van der Waals surface area contributed by atoms with Crippen molar-refractivity contribution in [1.29, 1.82) is 0 Å². The molecule has 0 saturated carbocycles. The summed E-state index contributed by atoms with van der Waals surface area (Å²) >= 11 is 5.94. The zero-order valence-electron chi connectivity index (χ0n) is 10.3. The Kier molecular flexibility index (Phi) is 3.92. The average Bonchev–Trinajstić information content (AvgIpc) is 2.42. The Balaban J connectivity index is 2.51. The molecule has 2 rings (SSSR count). The molecule has 0 aliphatic heterocycles. The van der Waals surface area contributed by atoms with E-state index in [2.05, 4.69) is 10.6 Å². The second kappa shape index (κ2) is 5.63. The number of carbonyl (C=O) groups excluding carboxylic acids is 1. The normalized spacial score (nSPS) is 10.0. The van der Waals surface area contributed by atoms with Crippen LogP contribution in [0.25, 0.3) is 11.1 Å². The van der Waals surface area contributed by atoms with Gasteiger partial charge in [0.15, 0.2) is 0 Å². The topological polar surface area (TPSA) is 61.4 Å². The number of halogens is 1. The van der Waals surface area contributed by atoms with Crippen LogP contribution in [0.1, 0.15) is 0 Å². The van der Waals surface area contributed by atoms with Gasteiger partial charge >= 0.3 is 0 Å². The van der Waals surface area contributed by atoms with E-state index in [4.69, 9.17) is 11.6 Å². The van der Waals surface area contributed by atoms with Crippen molar-refractivity contribution in [3.8, 4) is 16.9 Å². The third-order valence-electron chi connectivity index (χ3n) is 2.77. The van der Waals surface area contributed by atoms with Crippen LogP contribution in [-0.4, -0.2) is 18.6 Å². The molecule has 0 aromatic heterocycles. The number of benzene rings is 2. The highest BCUT2D eigenvalue weighted by atomic mass is 35.5. The van der Waals surface area contributed by atoms with Gasteiger partial charge in [-0.15, -0.1) is 0 Å². The summed E-state index contributed by atoms with van der Waals surface area (Å²) in [7, 11) is 1.76. The van der Waals surface area contributed by atoms with Gasteiger partial charge < -0.3 is 15.7 Å². The molecule has 98 valence electrons. The molecule has 0 unspecified atom stereocenters. The highest BCUT2D eigenvalue weighted by molar-refractivity contribution is 6.31. The molecule has 19 heavy (non-hydrogen) atoms. The first-order chi connectivity index (χ1) is 9.15. The molecule has 1 amide bonds. The first kappa shape index (κ1) is 13.2. The lowest BCUT2D eigenvalue weighted by atomic mass is 10.0. The Morgan fingerprint density at radius 1 is 1.16 bits per heavy atom. The van der Waals surface area contributed by atoms with E-state index in [0.29, 0.717) is 22.7 Å². The molecule has 0 aliphatic rings. The van der Waals surface area contributed by atoms with Crippen molar-refractivity contribution < 1.29 is 9.90 Å². The smallest absolute Gasteiger partial charge is 0.211 e. The molecule has 0 saturated heterocycles. The van der Waals surface area contributed by atoms with Gasteiger partial charge in [0.25, 0.3) is 0 Å². The molecular formula is C14H13ClN2O2. The average molecular weight is 277 g/mol. The fraction of sp³-hybridized carbons (Fsp3) is 0.0714. The van der Waals surface area contributed by atoms with Gasteiger partial charge in [-0.3, -0.25) is 4.79 Å². The van der Waals surface area contributed by atoms with Gasteiger partial charge in [0.05, 0.1) is 11.4 Å². The van der Waals surface area contributed by atoms with Crippen LogP contribution in [0.15, 0.2) is 36.4 Å². The number of nitrogens with one attached hydrogen (secondary N) is 2. The fourth-order valence-electron chi connectivity index (χ4n) is 1.85. The largest absolute Gasteiger partial charge is 0.507 e. The van der Waals surface area contributed by atoms with Crippen molar-refractivity contribution in [3.05, 3.63) is 41.4 Å². The van der Waals surface area contributed by atoms with Crippen molar-refractivity contribution in [2.45, 2.75) is 0 Å². The van der Waals surface area contributed by atoms with E-state index in [1.807, 2.05) is 6.07 Å². The van der Waals surface area contributed by atoms with Crippen molar-refractivity contribution >= 4 is 29.4 Å². The summed E-state index contributed by atoms with van der Waals surface area (Å²) < 4.78 is 0. The zero-order valence-corrected chi connectivity index (χ0v) is 11.0. The number of hydrogen-bond acceptors (Lipinski definition) is 3. The van der Waals surface area contributed by atoms with E-state index in [0.717, 1.165) is 11.3 Å². The van der Waals surface area contributed by atoms with Gasteiger partial charge in [-0.2, -0.15) is 0 Å². The number of anilines is 2. The van der Waals surface area contributed by atoms with Crippen LogP contribution in [-0.2, 0) is 4.79 Å². The summed E-state index contributed by atoms with van der Waals surface area (Å²) in [5.74, 6) is 0.155. The number of carbonyl (C=O) groups is 1. The van der Waals surface area contributed by atoms with E-state index in [1.54, 1.807) is 37.4 Å². The Morgan fingerprint density at radius 3 is 2.63 bits per heavy atom. The number of phenols is 1. The molecule has 2 aromatic carbocycles. The van der Waals surface area contributed by atoms with Crippen molar-refractivity contribution in [3.63, 3.8) is 0 Å².